The van der Waals surface area contributed by atoms with Crippen molar-refractivity contribution in [2.75, 3.05) is 6.61 Å². The van der Waals surface area contributed by atoms with Crippen molar-refractivity contribution in [3.63, 3.8) is 0 Å². The average molecular weight is 482 g/mol. The summed E-state index contributed by atoms with van der Waals surface area (Å²) in [4.78, 5) is 50.4. The van der Waals surface area contributed by atoms with Gasteiger partial charge in [-0.05, 0) is 30.0 Å². The van der Waals surface area contributed by atoms with Crippen molar-refractivity contribution < 1.29 is 33.5 Å². The number of benzene rings is 2. The molecule has 0 bridgehead atoms. The van der Waals surface area contributed by atoms with E-state index in [1.807, 2.05) is 20.8 Å². The molecule has 1 aliphatic heterocycles. The average Bonchev–Trinajstić information content (AvgIpc) is 3.17. The number of hydrogen-bond donors (Lipinski definition) is 1. The quantitative estimate of drug-likeness (QED) is 0.265. The molecule has 35 heavy (non-hydrogen) atoms. The van der Waals surface area contributed by atoms with Gasteiger partial charge in [-0.3, -0.25) is 19.7 Å². The minimum atomic E-state index is -2.24. The second-order valence-corrected chi connectivity index (χ2v) is 8.90. The number of nitro groups is 1. The van der Waals surface area contributed by atoms with Crippen LogP contribution in [0.4, 0.5) is 10.5 Å². The monoisotopic (exact) mass is 482 g/mol. The fourth-order valence-electron chi connectivity index (χ4n) is 4.69. The molecule has 2 atom stereocenters. The van der Waals surface area contributed by atoms with Crippen LogP contribution in [0.25, 0.3) is 0 Å². The summed E-state index contributed by atoms with van der Waals surface area (Å²) in [6, 6.07) is 9.06. The summed E-state index contributed by atoms with van der Waals surface area (Å²) >= 11 is 0. The highest BCUT2D eigenvalue weighted by atomic mass is 16.8. The minimum Gasteiger partial charge on any atom is -0.445 e. The van der Waals surface area contributed by atoms with Gasteiger partial charge in [0.05, 0.1) is 17.1 Å². The van der Waals surface area contributed by atoms with Crippen LogP contribution in [0.2, 0.25) is 0 Å². The van der Waals surface area contributed by atoms with E-state index in [1.165, 1.54) is 25.1 Å². The Labute approximate surface area is 201 Å². The Hall–Kier alpha value is -3.95. The molecule has 1 heterocycles. The van der Waals surface area contributed by atoms with Crippen molar-refractivity contribution in [3.05, 3.63) is 68.8 Å². The first-order valence-corrected chi connectivity index (χ1v) is 11.4. The Kier molecular flexibility index (Phi) is 6.00. The molecule has 2 aromatic carbocycles. The third kappa shape index (κ3) is 3.51. The van der Waals surface area contributed by atoms with Gasteiger partial charge in [0.25, 0.3) is 5.69 Å². The molecule has 2 unspecified atom stereocenters. The molecule has 2 aromatic rings. The third-order valence-electron chi connectivity index (χ3n) is 6.29. The van der Waals surface area contributed by atoms with Crippen LogP contribution in [0.3, 0.4) is 0 Å². The molecule has 0 spiro atoms. The molecule has 1 amide bonds. The maximum atomic E-state index is 14.1. The first kappa shape index (κ1) is 24.2. The number of carbonyl (C=O) groups excluding carboxylic acids is 3. The maximum absolute atomic E-state index is 14.1. The lowest BCUT2D eigenvalue weighted by atomic mass is 9.82. The molecular weight excluding hydrogens is 456 g/mol. The SMILES string of the molecule is CCCCOC(=O)OC12Oc3cc(C(C)C)ccc3C1(NC(C)=O)C(=O)c1c([N+](=O)[O-])cccc12. The molecule has 0 saturated carbocycles. The summed E-state index contributed by atoms with van der Waals surface area (Å²) in [5.41, 5.74) is -1.80. The minimum absolute atomic E-state index is 0.0415. The van der Waals surface area contributed by atoms with Gasteiger partial charge in [0.1, 0.15) is 11.3 Å². The number of rotatable bonds is 7. The van der Waals surface area contributed by atoms with Gasteiger partial charge < -0.3 is 19.5 Å². The molecule has 0 aromatic heterocycles. The largest absolute Gasteiger partial charge is 0.511 e. The Bertz CT molecular complexity index is 1240. The molecule has 1 aliphatic carbocycles. The van der Waals surface area contributed by atoms with E-state index in [9.17, 15) is 24.5 Å². The van der Waals surface area contributed by atoms with Crippen LogP contribution in [-0.2, 0) is 25.6 Å². The van der Waals surface area contributed by atoms with Crippen molar-refractivity contribution in [1.82, 2.24) is 5.32 Å². The van der Waals surface area contributed by atoms with Gasteiger partial charge in [-0.2, -0.15) is 0 Å². The summed E-state index contributed by atoms with van der Waals surface area (Å²) < 4.78 is 17.2. The highest BCUT2D eigenvalue weighted by Gasteiger charge is 2.76. The van der Waals surface area contributed by atoms with Crippen molar-refractivity contribution >= 4 is 23.5 Å². The Morgan fingerprint density at radius 3 is 2.57 bits per heavy atom. The number of Topliss-reactive ketones (excluding diaryl/α,β-unsaturated/α-hetero) is 1. The number of nitro benzene ring substituents is 1. The predicted molar refractivity (Wildman–Crippen MR) is 123 cm³/mol. The van der Waals surface area contributed by atoms with Gasteiger partial charge in [-0.15, -0.1) is 0 Å². The zero-order valence-corrected chi connectivity index (χ0v) is 19.9. The fraction of sp³-hybridized carbons (Fsp3) is 0.400. The van der Waals surface area contributed by atoms with E-state index >= 15 is 0 Å². The zero-order chi connectivity index (χ0) is 25.5. The van der Waals surface area contributed by atoms with Crippen molar-refractivity contribution in [2.24, 2.45) is 0 Å². The number of amides is 1. The highest BCUT2D eigenvalue weighted by molar-refractivity contribution is 6.14. The normalized spacial score (nSPS) is 21.6. The molecule has 2 aliphatic rings. The first-order chi connectivity index (χ1) is 16.6. The Morgan fingerprint density at radius 1 is 1.20 bits per heavy atom. The van der Waals surface area contributed by atoms with Crippen molar-refractivity contribution in [2.45, 2.75) is 57.8 Å². The number of ketones is 1. The van der Waals surface area contributed by atoms with Crippen molar-refractivity contribution in [1.29, 1.82) is 0 Å². The van der Waals surface area contributed by atoms with Gasteiger partial charge in [-0.25, -0.2) is 4.79 Å². The summed E-state index contributed by atoms with van der Waals surface area (Å²) in [6.07, 6.45) is 0.220. The molecule has 1 N–H and O–H groups in total. The van der Waals surface area contributed by atoms with E-state index in [0.717, 1.165) is 12.0 Å². The fourth-order valence-corrected chi connectivity index (χ4v) is 4.69. The van der Waals surface area contributed by atoms with Crippen LogP contribution in [0.5, 0.6) is 5.75 Å². The number of nitrogens with zero attached hydrogens (tertiary/aromatic N) is 1. The molecule has 10 heteroatoms. The first-order valence-electron chi connectivity index (χ1n) is 11.4. The van der Waals surface area contributed by atoms with E-state index in [1.54, 1.807) is 18.2 Å². The van der Waals surface area contributed by atoms with Gasteiger partial charge in [0.15, 0.2) is 0 Å². The number of nitrogens with one attached hydrogen (secondary N) is 1. The molecule has 0 fully saturated rings. The van der Waals surface area contributed by atoms with Crippen LogP contribution in [0.1, 0.15) is 73.5 Å². The van der Waals surface area contributed by atoms with E-state index in [2.05, 4.69) is 5.32 Å². The number of fused-ring (bicyclic) bond motifs is 5. The second-order valence-electron chi connectivity index (χ2n) is 8.90. The summed E-state index contributed by atoms with van der Waals surface area (Å²) in [7, 11) is 0. The lowest BCUT2D eigenvalue weighted by Crippen LogP contribution is -2.61. The van der Waals surface area contributed by atoms with Gasteiger partial charge >= 0.3 is 11.9 Å². The molecule has 184 valence electrons. The maximum Gasteiger partial charge on any atom is 0.511 e. The Balaban J connectivity index is 1.99. The predicted octanol–water partition coefficient (Wildman–Crippen LogP) is 4.44. The van der Waals surface area contributed by atoms with Gasteiger partial charge in [-0.1, -0.05) is 45.4 Å². The number of carbonyl (C=O) groups is 3. The lowest BCUT2D eigenvalue weighted by molar-refractivity contribution is -0.385. The van der Waals surface area contributed by atoms with Crippen LogP contribution in [0, 0.1) is 10.1 Å². The molecule has 0 radical (unpaired) electrons. The molecule has 4 rings (SSSR count). The van der Waals surface area contributed by atoms with E-state index in [4.69, 9.17) is 14.2 Å². The summed E-state index contributed by atoms with van der Waals surface area (Å²) in [5, 5.41) is 14.4. The van der Waals surface area contributed by atoms with Gasteiger partial charge in [0.2, 0.25) is 17.2 Å². The third-order valence-corrected chi connectivity index (χ3v) is 6.29. The molecule has 10 nitrogen and oxygen atoms in total. The van der Waals surface area contributed by atoms with Gasteiger partial charge in [0, 0.05) is 18.6 Å². The van der Waals surface area contributed by atoms with E-state index < -0.39 is 39.8 Å². The molecule has 0 saturated heterocycles. The topological polar surface area (TPSA) is 134 Å². The number of ether oxygens (including phenoxy) is 3. The van der Waals surface area contributed by atoms with Crippen LogP contribution >= 0.6 is 0 Å². The summed E-state index contributed by atoms with van der Waals surface area (Å²) in [6.45, 7) is 7.14. The zero-order valence-electron chi connectivity index (χ0n) is 19.9. The standard InChI is InChI=1S/C25H26N2O8/c1-5-6-12-33-23(30)35-25-18-8-7-9-19(27(31)32)21(18)22(29)24(25,26-15(4)28)17-11-10-16(14(2)3)13-20(17)34-25/h7-11,13-14H,5-6,12H2,1-4H3,(H,26,28). The van der Waals surface area contributed by atoms with E-state index in [0.29, 0.717) is 6.42 Å². The molecular formula is C25H26N2O8. The summed E-state index contributed by atoms with van der Waals surface area (Å²) in [5.74, 6) is -3.34. The van der Waals surface area contributed by atoms with Crippen LogP contribution in [0.15, 0.2) is 36.4 Å². The number of hydrogen-bond acceptors (Lipinski definition) is 8. The lowest BCUT2D eigenvalue weighted by Gasteiger charge is -2.36. The van der Waals surface area contributed by atoms with Crippen molar-refractivity contribution in [3.8, 4) is 5.75 Å². The second kappa shape index (κ2) is 8.68. The smallest absolute Gasteiger partial charge is 0.445 e. The van der Waals surface area contributed by atoms with Crippen LogP contribution < -0.4 is 10.1 Å². The Morgan fingerprint density at radius 2 is 1.94 bits per heavy atom. The van der Waals surface area contributed by atoms with E-state index in [-0.39, 0.29) is 35.0 Å². The highest BCUT2D eigenvalue weighted by Crippen LogP contribution is 2.61. The van der Waals surface area contributed by atoms with Crippen LogP contribution in [-0.4, -0.2) is 29.4 Å². The number of unbranched alkanes of at least 4 members (excludes halogenated alkanes) is 1.